The Balaban J connectivity index is 1.13. The third-order valence-electron chi connectivity index (χ3n) is 7.28. The van der Waals surface area contributed by atoms with Crippen LogP contribution < -0.4 is 15.6 Å². The van der Waals surface area contributed by atoms with E-state index in [1.807, 2.05) is 12.1 Å². The molecule has 2 N–H and O–H groups in total. The molecule has 144 valence electrons. The molecule has 6 rings (SSSR count). The molecule has 0 aliphatic heterocycles. The van der Waals surface area contributed by atoms with E-state index in [9.17, 15) is 9.59 Å². The van der Waals surface area contributed by atoms with E-state index in [2.05, 4.69) is 16.9 Å². The Hall–Kier alpha value is -2.04. The average molecular weight is 368 g/mol. The maximum atomic E-state index is 12.8. The molecule has 2 amide bonds. The molecule has 1 aromatic rings. The molecule has 0 aromatic heterocycles. The fourth-order valence-electron chi connectivity index (χ4n) is 6.47. The van der Waals surface area contributed by atoms with E-state index in [0.29, 0.717) is 17.8 Å². The number of hydrogen-bond acceptors (Lipinski definition) is 3. The molecule has 5 heteroatoms. The van der Waals surface area contributed by atoms with Crippen LogP contribution in [-0.4, -0.2) is 18.4 Å². The SMILES string of the molecule is O=C(COc1ccc2c(c1)CCC2)NNC(=O)C12CC3CC(CC(C3)C1)C2. The lowest BCUT2D eigenvalue weighted by Gasteiger charge is -2.55. The van der Waals surface area contributed by atoms with Crippen molar-refractivity contribution in [3.8, 4) is 5.75 Å². The Morgan fingerprint density at radius 1 is 0.963 bits per heavy atom. The Bertz CT molecular complexity index is 738. The molecule has 0 saturated heterocycles. The number of ether oxygens (including phenoxy) is 1. The van der Waals surface area contributed by atoms with Crippen molar-refractivity contribution in [2.75, 3.05) is 6.61 Å². The zero-order chi connectivity index (χ0) is 18.4. The molecule has 1 aromatic carbocycles. The third-order valence-corrected chi connectivity index (χ3v) is 7.28. The van der Waals surface area contributed by atoms with Crippen LogP contribution >= 0.6 is 0 Å². The van der Waals surface area contributed by atoms with Gasteiger partial charge >= 0.3 is 0 Å². The predicted molar refractivity (Wildman–Crippen MR) is 101 cm³/mol. The summed E-state index contributed by atoms with van der Waals surface area (Å²) in [6, 6.07) is 6.04. The van der Waals surface area contributed by atoms with Crippen LogP contribution in [0.4, 0.5) is 0 Å². The van der Waals surface area contributed by atoms with Crippen molar-refractivity contribution in [3.63, 3.8) is 0 Å². The van der Waals surface area contributed by atoms with Crippen molar-refractivity contribution in [1.29, 1.82) is 0 Å². The van der Waals surface area contributed by atoms with Crippen LogP contribution in [0.5, 0.6) is 5.75 Å². The zero-order valence-corrected chi connectivity index (χ0v) is 15.8. The lowest BCUT2D eigenvalue weighted by Crippen LogP contribution is -2.57. The van der Waals surface area contributed by atoms with Crippen LogP contribution in [0.1, 0.15) is 56.1 Å². The average Bonchev–Trinajstić information content (AvgIpc) is 3.11. The molecule has 0 spiro atoms. The summed E-state index contributed by atoms with van der Waals surface area (Å²) in [5.41, 5.74) is 7.72. The van der Waals surface area contributed by atoms with Crippen molar-refractivity contribution in [1.82, 2.24) is 10.9 Å². The first-order valence-corrected chi connectivity index (χ1v) is 10.4. The summed E-state index contributed by atoms with van der Waals surface area (Å²) in [4.78, 5) is 25.0. The first kappa shape index (κ1) is 17.1. The number of hydrazine groups is 1. The van der Waals surface area contributed by atoms with Gasteiger partial charge in [0.1, 0.15) is 5.75 Å². The van der Waals surface area contributed by atoms with E-state index in [-0.39, 0.29) is 23.8 Å². The van der Waals surface area contributed by atoms with Crippen molar-refractivity contribution in [2.24, 2.45) is 23.2 Å². The molecule has 4 fully saturated rings. The number of benzene rings is 1. The highest BCUT2D eigenvalue weighted by Crippen LogP contribution is 2.60. The molecule has 0 unspecified atom stereocenters. The predicted octanol–water partition coefficient (Wildman–Crippen LogP) is 2.92. The molecule has 0 radical (unpaired) electrons. The summed E-state index contributed by atoms with van der Waals surface area (Å²) >= 11 is 0. The van der Waals surface area contributed by atoms with Gasteiger partial charge in [0.05, 0.1) is 5.41 Å². The summed E-state index contributed by atoms with van der Waals surface area (Å²) in [6.07, 6.45) is 10.3. The highest BCUT2D eigenvalue weighted by atomic mass is 16.5. The quantitative estimate of drug-likeness (QED) is 0.803. The number of aryl methyl sites for hydroxylation is 2. The van der Waals surface area contributed by atoms with Gasteiger partial charge in [0.2, 0.25) is 5.91 Å². The van der Waals surface area contributed by atoms with Crippen molar-refractivity contribution in [3.05, 3.63) is 29.3 Å². The molecular formula is C22H28N2O3. The third kappa shape index (κ3) is 3.21. The second-order valence-corrected chi connectivity index (χ2v) is 9.27. The van der Waals surface area contributed by atoms with Gasteiger partial charge < -0.3 is 4.74 Å². The maximum Gasteiger partial charge on any atom is 0.276 e. The van der Waals surface area contributed by atoms with Crippen molar-refractivity contribution < 1.29 is 14.3 Å². The summed E-state index contributed by atoms with van der Waals surface area (Å²) in [5.74, 6) is 2.54. The van der Waals surface area contributed by atoms with Gasteiger partial charge in [-0.05, 0) is 98.8 Å². The number of fused-ring (bicyclic) bond motifs is 1. The van der Waals surface area contributed by atoms with Crippen LogP contribution in [0.15, 0.2) is 18.2 Å². The molecule has 5 nitrogen and oxygen atoms in total. The molecule has 27 heavy (non-hydrogen) atoms. The van der Waals surface area contributed by atoms with Crippen molar-refractivity contribution >= 4 is 11.8 Å². The van der Waals surface area contributed by atoms with Gasteiger partial charge in [0, 0.05) is 0 Å². The minimum absolute atomic E-state index is 0.00693. The summed E-state index contributed by atoms with van der Waals surface area (Å²) < 4.78 is 5.61. The van der Waals surface area contributed by atoms with E-state index in [1.165, 1.54) is 36.8 Å². The van der Waals surface area contributed by atoms with Gasteiger partial charge in [-0.1, -0.05) is 6.07 Å². The maximum absolute atomic E-state index is 12.8. The Morgan fingerprint density at radius 3 is 2.33 bits per heavy atom. The van der Waals surface area contributed by atoms with Gasteiger partial charge in [0.25, 0.3) is 5.91 Å². The molecule has 4 bridgehead atoms. The van der Waals surface area contributed by atoms with E-state index in [0.717, 1.165) is 37.9 Å². The van der Waals surface area contributed by atoms with Gasteiger partial charge in [-0.25, -0.2) is 0 Å². The monoisotopic (exact) mass is 368 g/mol. The van der Waals surface area contributed by atoms with Gasteiger partial charge in [-0.15, -0.1) is 0 Å². The van der Waals surface area contributed by atoms with Gasteiger partial charge in [-0.3, -0.25) is 20.4 Å². The van der Waals surface area contributed by atoms with Crippen molar-refractivity contribution in [2.45, 2.75) is 57.8 Å². The van der Waals surface area contributed by atoms with Gasteiger partial charge in [0.15, 0.2) is 6.61 Å². The zero-order valence-electron chi connectivity index (χ0n) is 15.8. The largest absolute Gasteiger partial charge is 0.484 e. The molecule has 5 aliphatic rings. The van der Waals surface area contributed by atoms with Crippen LogP contribution in [0.2, 0.25) is 0 Å². The first-order chi connectivity index (χ1) is 13.1. The molecule has 0 heterocycles. The summed E-state index contributed by atoms with van der Waals surface area (Å²) in [6.45, 7) is -0.0834. The lowest BCUT2D eigenvalue weighted by atomic mass is 9.49. The van der Waals surface area contributed by atoms with E-state index in [1.54, 1.807) is 0 Å². The number of rotatable bonds is 4. The highest BCUT2D eigenvalue weighted by Gasteiger charge is 2.54. The fourth-order valence-corrected chi connectivity index (χ4v) is 6.47. The van der Waals surface area contributed by atoms with Gasteiger partial charge in [-0.2, -0.15) is 0 Å². The second kappa shape index (κ2) is 6.54. The van der Waals surface area contributed by atoms with E-state index < -0.39 is 0 Å². The van der Waals surface area contributed by atoms with Crippen LogP contribution in [0.25, 0.3) is 0 Å². The van der Waals surface area contributed by atoms with E-state index >= 15 is 0 Å². The Kier molecular flexibility index (Phi) is 4.14. The minimum atomic E-state index is -0.312. The normalized spacial score (nSPS) is 32.8. The highest BCUT2D eigenvalue weighted by molar-refractivity contribution is 5.86. The minimum Gasteiger partial charge on any atom is -0.484 e. The number of hydrogen-bond donors (Lipinski definition) is 2. The number of carbonyl (C=O) groups excluding carboxylic acids is 2. The molecule has 0 atom stereocenters. The smallest absolute Gasteiger partial charge is 0.276 e. The van der Waals surface area contributed by atoms with Crippen LogP contribution in [0.3, 0.4) is 0 Å². The van der Waals surface area contributed by atoms with E-state index in [4.69, 9.17) is 4.74 Å². The van der Waals surface area contributed by atoms with Crippen LogP contribution in [0, 0.1) is 23.2 Å². The van der Waals surface area contributed by atoms with Crippen LogP contribution in [-0.2, 0) is 22.4 Å². The standard InChI is InChI=1S/C22H28N2O3/c25-20(13-27-19-5-4-17-2-1-3-18(17)9-19)23-24-21(26)22-10-14-6-15(11-22)8-16(7-14)12-22/h4-5,9,14-16H,1-3,6-8,10-13H2,(H,23,25)(H,24,26). The number of amides is 2. The molecule has 4 saturated carbocycles. The fraction of sp³-hybridized carbons (Fsp3) is 0.636. The number of carbonyl (C=O) groups is 2. The summed E-state index contributed by atoms with van der Waals surface area (Å²) in [5, 5.41) is 0. The lowest BCUT2D eigenvalue weighted by molar-refractivity contribution is -0.149. The summed E-state index contributed by atoms with van der Waals surface area (Å²) in [7, 11) is 0. The molecule has 5 aliphatic carbocycles. The topological polar surface area (TPSA) is 67.4 Å². The second-order valence-electron chi connectivity index (χ2n) is 9.27. The Labute approximate surface area is 160 Å². The Morgan fingerprint density at radius 2 is 1.63 bits per heavy atom. The molecular weight excluding hydrogens is 340 g/mol. The first-order valence-electron chi connectivity index (χ1n) is 10.4. The number of nitrogens with one attached hydrogen (secondary N) is 2.